The van der Waals surface area contributed by atoms with E-state index in [1.165, 1.54) is 11.1 Å². The van der Waals surface area contributed by atoms with Crippen molar-refractivity contribution >= 4 is 17.3 Å². The van der Waals surface area contributed by atoms with Crippen molar-refractivity contribution in [2.75, 3.05) is 63.3 Å². The number of carbonyl (C=O) groups excluding carboxylic acids is 1. The predicted molar refractivity (Wildman–Crippen MR) is 117 cm³/mol. The Morgan fingerprint density at radius 1 is 1.10 bits per heavy atom. The molecule has 1 N–H and O–H groups in total. The number of rotatable bonds is 8. The van der Waals surface area contributed by atoms with E-state index >= 15 is 0 Å². The molecule has 2 aromatic carbocycles. The van der Waals surface area contributed by atoms with E-state index in [1.807, 2.05) is 48.3 Å². The monoisotopic (exact) mass is 397 g/mol. The molecule has 0 spiro atoms. The first kappa shape index (κ1) is 21.1. The molecule has 29 heavy (non-hydrogen) atoms. The van der Waals surface area contributed by atoms with Crippen molar-refractivity contribution in [1.82, 2.24) is 4.90 Å². The van der Waals surface area contributed by atoms with Crippen molar-refractivity contribution in [3.05, 3.63) is 53.6 Å². The predicted octanol–water partition coefficient (Wildman–Crippen LogP) is 3.09. The van der Waals surface area contributed by atoms with E-state index < -0.39 is 0 Å². The molecule has 0 radical (unpaired) electrons. The molecule has 1 amide bonds. The minimum absolute atomic E-state index is 0.0296. The number of likely N-dealkylation sites (N-methyl/N-ethyl adjacent to an activating group) is 1. The maximum absolute atomic E-state index is 12.3. The second-order valence-electron chi connectivity index (χ2n) is 7.60. The smallest absolute Gasteiger partial charge is 0.238 e. The lowest BCUT2D eigenvalue weighted by molar-refractivity contribution is -0.117. The van der Waals surface area contributed by atoms with Crippen LogP contribution in [0.2, 0.25) is 0 Å². The number of anilines is 2. The average molecular weight is 398 g/mol. The van der Waals surface area contributed by atoms with Crippen LogP contribution in [-0.4, -0.2) is 63.9 Å². The highest BCUT2D eigenvalue weighted by Crippen LogP contribution is 2.19. The second kappa shape index (κ2) is 10.3. The van der Waals surface area contributed by atoms with Gasteiger partial charge in [-0.1, -0.05) is 6.07 Å². The Balaban J connectivity index is 1.40. The zero-order valence-electron chi connectivity index (χ0n) is 17.6. The summed E-state index contributed by atoms with van der Waals surface area (Å²) in [6.45, 7) is 8.99. The summed E-state index contributed by atoms with van der Waals surface area (Å²) >= 11 is 0. The summed E-state index contributed by atoms with van der Waals surface area (Å²) in [7, 11) is 1.92. The van der Waals surface area contributed by atoms with Gasteiger partial charge in [0.2, 0.25) is 5.91 Å². The van der Waals surface area contributed by atoms with Gasteiger partial charge in [-0.3, -0.25) is 9.69 Å². The van der Waals surface area contributed by atoms with E-state index in [0.717, 1.165) is 43.4 Å². The number of hydrogen-bond acceptors (Lipinski definition) is 5. The van der Waals surface area contributed by atoms with Gasteiger partial charge >= 0.3 is 0 Å². The largest absolute Gasteiger partial charge is 0.492 e. The lowest BCUT2D eigenvalue weighted by atomic mass is 10.1. The van der Waals surface area contributed by atoms with Gasteiger partial charge in [-0.05, 0) is 68.4 Å². The van der Waals surface area contributed by atoms with E-state index in [2.05, 4.69) is 30.1 Å². The average Bonchev–Trinajstić information content (AvgIpc) is 2.68. The van der Waals surface area contributed by atoms with Crippen LogP contribution in [0.15, 0.2) is 42.5 Å². The number of benzene rings is 2. The van der Waals surface area contributed by atoms with Crippen LogP contribution >= 0.6 is 0 Å². The van der Waals surface area contributed by atoms with Crippen molar-refractivity contribution in [1.29, 1.82) is 0 Å². The summed E-state index contributed by atoms with van der Waals surface area (Å²) in [6, 6.07) is 14.2. The van der Waals surface area contributed by atoms with Crippen LogP contribution < -0.4 is 15.0 Å². The summed E-state index contributed by atoms with van der Waals surface area (Å²) < 4.78 is 11.2. The van der Waals surface area contributed by atoms with Crippen LogP contribution in [0.5, 0.6) is 5.75 Å². The van der Waals surface area contributed by atoms with Crippen LogP contribution in [0.1, 0.15) is 11.1 Å². The van der Waals surface area contributed by atoms with Gasteiger partial charge in [0.25, 0.3) is 0 Å². The molecule has 156 valence electrons. The van der Waals surface area contributed by atoms with E-state index in [9.17, 15) is 4.79 Å². The topological polar surface area (TPSA) is 54.0 Å². The number of hydrogen-bond donors (Lipinski definition) is 1. The Morgan fingerprint density at radius 3 is 2.41 bits per heavy atom. The Hall–Kier alpha value is -2.57. The molecule has 0 saturated carbocycles. The third kappa shape index (κ3) is 6.76. The Morgan fingerprint density at radius 2 is 1.76 bits per heavy atom. The van der Waals surface area contributed by atoms with Gasteiger partial charge in [-0.2, -0.15) is 0 Å². The third-order valence-corrected chi connectivity index (χ3v) is 4.88. The molecule has 1 aliphatic rings. The minimum atomic E-state index is -0.0296. The first-order chi connectivity index (χ1) is 14.0. The fourth-order valence-corrected chi connectivity index (χ4v) is 3.44. The number of carbonyl (C=O) groups is 1. The molecule has 0 aromatic heterocycles. The zero-order valence-corrected chi connectivity index (χ0v) is 17.6. The highest BCUT2D eigenvalue weighted by Gasteiger charge is 2.12. The van der Waals surface area contributed by atoms with Crippen LogP contribution in [0.4, 0.5) is 11.4 Å². The van der Waals surface area contributed by atoms with Crippen molar-refractivity contribution in [2.24, 2.45) is 0 Å². The number of nitrogens with one attached hydrogen (secondary N) is 1. The molecule has 6 heteroatoms. The van der Waals surface area contributed by atoms with Crippen molar-refractivity contribution < 1.29 is 14.3 Å². The number of ether oxygens (including phenoxy) is 2. The number of aryl methyl sites for hydroxylation is 2. The molecule has 6 nitrogen and oxygen atoms in total. The maximum atomic E-state index is 12.3. The van der Waals surface area contributed by atoms with E-state index in [0.29, 0.717) is 19.7 Å². The molecule has 3 rings (SSSR count). The molecule has 0 aliphatic carbocycles. The molecule has 0 bridgehead atoms. The highest BCUT2D eigenvalue weighted by atomic mass is 16.5. The highest BCUT2D eigenvalue weighted by molar-refractivity contribution is 5.92. The van der Waals surface area contributed by atoms with Crippen molar-refractivity contribution in [2.45, 2.75) is 13.8 Å². The summed E-state index contributed by atoms with van der Waals surface area (Å²) in [4.78, 5) is 16.6. The van der Waals surface area contributed by atoms with Gasteiger partial charge in [-0.15, -0.1) is 0 Å². The quantitative estimate of drug-likeness (QED) is 0.742. The van der Waals surface area contributed by atoms with Crippen LogP contribution in [-0.2, 0) is 9.53 Å². The first-order valence-corrected chi connectivity index (χ1v) is 10.1. The Labute approximate surface area is 173 Å². The maximum Gasteiger partial charge on any atom is 0.238 e. The van der Waals surface area contributed by atoms with Gasteiger partial charge in [0, 0.05) is 31.0 Å². The molecule has 1 saturated heterocycles. The van der Waals surface area contributed by atoms with Crippen LogP contribution in [0.25, 0.3) is 0 Å². The van der Waals surface area contributed by atoms with Crippen molar-refractivity contribution in [3.8, 4) is 5.75 Å². The molecule has 0 atom stereocenters. The molecule has 0 unspecified atom stereocenters. The fourth-order valence-electron chi connectivity index (χ4n) is 3.44. The second-order valence-corrected chi connectivity index (χ2v) is 7.60. The summed E-state index contributed by atoms with van der Waals surface area (Å²) in [6.07, 6.45) is 0. The summed E-state index contributed by atoms with van der Waals surface area (Å²) in [5, 5.41) is 2.96. The van der Waals surface area contributed by atoms with Crippen LogP contribution in [0, 0.1) is 13.8 Å². The first-order valence-electron chi connectivity index (χ1n) is 10.1. The van der Waals surface area contributed by atoms with Gasteiger partial charge in [-0.25, -0.2) is 0 Å². The van der Waals surface area contributed by atoms with Gasteiger partial charge < -0.3 is 19.7 Å². The molecular weight excluding hydrogens is 366 g/mol. The lowest BCUT2D eigenvalue weighted by Gasteiger charge is -2.28. The fraction of sp³-hybridized carbons (Fsp3) is 0.435. The summed E-state index contributed by atoms with van der Waals surface area (Å²) in [5.74, 6) is 0.846. The summed E-state index contributed by atoms with van der Waals surface area (Å²) in [5.41, 5.74) is 4.35. The van der Waals surface area contributed by atoms with Gasteiger partial charge in [0.15, 0.2) is 0 Å². The van der Waals surface area contributed by atoms with E-state index in [4.69, 9.17) is 9.47 Å². The Bertz CT molecular complexity index is 781. The van der Waals surface area contributed by atoms with Gasteiger partial charge in [0.05, 0.1) is 19.8 Å². The SMILES string of the molecule is Cc1cc(C)cc(OCCN(C)CC(=O)Nc2ccc(N3CCOCC3)cc2)c1. The molecule has 2 aromatic rings. The zero-order chi connectivity index (χ0) is 20.6. The van der Waals surface area contributed by atoms with E-state index in [-0.39, 0.29) is 5.91 Å². The third-order valence-electron chi connectivity index (χ3n) is 4.88. The number of morpholine rings is 1. The van der Waals surface area contributed by atoms with Gasteiger partial charge in [0.1, 0.15) is 12.4 Å². The molecule has 1 heterocycles. The van der Waals surface area contributed by atoms with E-state index in [1.54, 1.807) is 0 Å². The van der Waals surface area contributed by atoms with Crippen molar-refractivity contribution in [3.63, 3.8) is 0 Å². The molecular formula is C23H31N3O3. The number of amides is 1. The van der Waals surface area contributed by atoms with Crippen LogP contribution in [0.3, 0.4) is 0 Å². The normalized spacial score (nSPS) is 14.1. The number of nitrogens with zero attached hydrogens (tertiary/aromatic N) is 2. The minimum Gasteiger partial charge on any atom is -0.492 e. The lowest BCUT2D eigenvalue weighted by Crippen LogP contribution is -2.36. The Kier molecular flexibility index (Phi) is 7.49. The standard InChI is InChI=1S/C23H31N3O3/c1-18-14-19(2)16-22(15-18)29-13-8-25(3)17-23(27)24-20-4-6-21(7-5-20)26-9-11-28-12-10-26/h4-7,14-16H,8-13,17H2,1-3H3,(H,24,27). The molecule has 1 fully saturated rings. The molecule has 1 aliphatic heterocycles.